The maximum absolute atomic E-state index is 13.7. The molecule has 0 fully saturated rings. The van der Waals surface area contributed by atoms with Crippen molar-refractivity contribution in [1.82, 2.24) is 0 Å². The van der Waals surface area contributed by atoms with Crippen LogP contribution in [0.25, 0.3) is 0 Å². The van der Waals surface area contributed by atoms with Crippen LogP contribution < -0.4 is 5.32 Å². The molecule has 9 heteroatoms. The van der Waals surface area contributed by atoms with E-state index >= 15 is 0 Å². The van der Waals surface area contributed by atoms with Gasteiger partial charge in [-0.3, -0.25) is 5.32 Å². The first-order valence-electron chi connectivity index (χ1n) is 5.81. The summed E-state index contributed by atoms with van der Waals surface area (Å²) in [5.74, 6) is -6.35. The summed E-state index contributed by atoms with van der Waals surface area (Å²) in [6.07, 6.45) is -1.06. The normalized spacial score (nSPS) is 10.2. The highest BCUT2D eigenvalue weighted by atomic mass is 127. The summed E-state index contributed by atoms with van der Waals surface area (Å²) < 4.78 is 49.7. The standard InChI is InChI=1S/C12H11F3INO4/c1-3-20-11(18)5-6(13)7(14)8(15)10(9(5)16)17-12(19)21-4-2/h3-4H2,1-2H3,(H,17,19). The van der Waals surface area contributed by atoms with Crippen molar-refractivity contribution in [2.75, 3.05) is 18.5 Å². The number of halogens is 4. The number of anilines is 1. The monoisotopic (exact) mass is 417 g/mol. The van der Waals surface area contributed by atoms with Crippen LogP contribution in [0.15, 0.2) is 0 Å². The van der Waals surface area contributed by atoms with Gasteiger partial charge in [0.1, 0.15) is 5.56 Å². The fraction of sp³-hybridized carbons (Fsp3) is 0.333. The van der Waals surface area contributed by atoms with Crippen molar-refractivity contribution < 1.29 is 32.2 Å². The van der Waals surface area contributed by atoms with Gasteiger partial charge >= 0.3 is 12.1 Å². The highest BCUT2D eigenvalue weighted by Crippen LogP contribution is 2.31. The van der Waals surface area contributed by atoms with Crippen molar-refractivity contribution >= 4 is 40.3 Å². The highest BCUT2D eigenvalue weighted by Gasteiger charge is 2.29. The number of hydrogen-bond acceptors (Lipinski definition) is 4. The third kappa shape index (κ3) is 3.77. The maximum atomic E-state index is 13.7. The molecule has 0 atom stereocenters. The molecule has 0 saturated carbocycles. The van der Waals surface area contributed by atoms with E-state index in [0.29, 0.717) is 0 Å². The van der Waals surface area contributed by atoms with Crippen LogP contribution in [0.4, 0.5) is 23.7 Å². The predicted octanol–water partition coefficient (Wildman–Crippen LogP) is 3.45. The Bertz CT molecular complexity index is 580. The van der Waals surface area contributed by atoms with Gasteiger partial charge in [-0.15, -0.1) is 0 Å². The van der Waals surface area contributed by atoms with Gasteiger partial charge < -0.3 is 9.47 Å². The lowest BCUT2D eigenvalue weighted by atomic mass is 10.1. The molecular formula is C12H11F3INO4. The molecule has 21 heavy (non-hydrogen) atoms. The van der Waals surface area contributed by atoms with Crippen molar-refractivity contribution in [3.8, 4) is 0 Å². The number of ether oxygens (including phenoxy) is 2. The SMILES string of the molecule is CCOC(=O)Nc1c(F)c(F)c(F)c(C(=O)OCC)c1I. The number of carbonyl (C=O) groups excluding carboxylic acids is 2. The minimum atomic E-state index is -1.88. The van der Waals surface area contributed by atoms with Crippen LogP contribution in [0.2, 0.25) is 0 Å². The zero-order valence-electron chi connectivity index (χ0n) is 11.1. The minimum absolute atomic E-state index is 0.00155. The van der Waals surface area contributed by atoms with E-state index in [1.807, 2.05) is 5.32 Å². The summed E-state index contributed by atoms with van der Waals surface area (Å²) >= 11 is 1.41. The smallest absolute Gasteiger partial charge is 0.411 e. The van der Waals surface area contributed by atoms with E-state index in [1.54, 1.807) is 0 Å². The minimum Gasteiger partial charge on any atom is -0.462 e. The lowest BCUT2D eigenvalue weighted by molar-refractivity contribution is 0.0518. The van der Waals surface area contributed by atoms with Crippen molar-refractivity contribution in [2.45, 2.75) is 13.8 Å². The highest BCUT2D eigenvalue weighted by molar-refractivity contribution is 14.1. The average molecular weight is 417 g/mol. The van der Waals surface area contributed by atoms with Crippen molar-refractivity contribution in [1.29, 1.82) is 0 Å². The summed E-state index contributed by atoms with van der Waals surface area (Å²) in [6, 6.07) is 0. The number of nitrogens with one attached hydrogen (secondary N) is 1. The first-order chi connectivity index (χ1) is 9.84. The molecule has 0 aliphatic carbocycles. The molecule has 1 amide bonds. The summed E-state index contributed by atoms with van der Waals surface area (Å²) in [5, 5.41) is 1.93. The van der Waals surface area contributed by atoms with Crippen molar-refractivity contribution in [3.63, 3.8) is 0 Å². The molecule has 0 heterocycles. The topological polar surface area (TPSA) is 64.6 Å². The van der Waals surface area contributed by atoms with E-state index in [9.17, 15) is 22.8 Å². The van der Waals surface area contributed by atoms with E-state index < -0.39 is 40.8 Å². The van der Waals surface area contributed by atoms with Gasteiger partial charge in [0.15, 0.2) is 17.5 Å². The first kappa shape index (κ1) is 17.5. The predicted molar refractivity (Wildman–Crippen MR) is 75.6 cm³/mol. The van der Waals surface area contributed by atoms with Crippen LogP contribution >= 0.6 is 22.6 Å². The lowest BCUT2D eigenvalue weighted by Crippen LogP contribution is -2.20. The number of rotatable bonds is 4. The molecule has 0 spiro atoms. The summed E-state index contributed by atoms with van der Waals surface area (Å²) in [4.78, 5) is 22.9. The van der Waals surface area contributed by atoms with Gasteiger partial charge in [0, 0.05) is 0 Å². The number of amides is 1. The van der Waals surface area contributed by atoms with E-state index in [2.05, 4.69) is 9.47 Å². The van der Waals surface area contributed by atoms with Gasteiger partial charge in [0.25, 0.3) is 0 Å². The number of benzene rings is 1. The Kier molecular flexibility index (Phi) is 6.24. The third-order valence-corrected chi connectivity index (χ3v) is 3.32. The van der Waals surface area contributed by atoms with E-state index in [-0.39, 0.29) is 16.8 Å². The molecule has 0 saturated heterocycles. The lowest BCUT2D eigenvalue weighted by Gasteiger charge is -2.13. The molecule has 0 aliphatic heterocycles. The molecule has 5 nitrogen and oxygen atoms in total. The second-order valence-electron chi connectivity index (χ2n) is 3.57. The van der Waals surface area contributed by atoms with E-state index in [1.165, 1.54) is 36.4 Å². The van der Waals surface area contributed by atoms with Gasteiger partial charge in [-0.2, -0.15) is 0 Å². The van der Waals surface area contributed by atoms with Gasteiger partial charge in [-0.1, -0.05) is 0 Å². The zero-order valence-corrected chi connectivity index (χ0v) is 13.2. The van der Waals surface area contributed by atoms with Crippen LogP contribution in [0, 0.1) is 21.0 Å². The number of hydrogen-bond donors (Lipinski definition) is 1. The van der Waals surface area contributed by atoms with Gasteiger partial charge in [0.2, 0.25) is 0 Å². The fourth-order valence-electron chi connectivity index (χ4n) is 1.40. The van der Waals surface area contributed by atoms with Gasteiger partial charge in [-0.25, -0.2) is 22.8 Å². The Morgan fingerprint density at radius 2 is 1.62 bits per heavy atom. The molecule has 0 bridgehead atoms. The second kappa shape index (κ2) is 7.48. The van der Waals surface area contributed by atoms with Gasteiger partial charge in [0.05, 0.1) is 22.5 Å². The largest absolute Gasteiger partial charge is 0.462 e. The Balaban J connectivity index is 3.38. The number of carbonyl (C=O) groups is 2. The fourth-order valence-corrected chi connectivity index (χ4v) is 2.22. The third-order valence-electron chi connectivity index (χ3n) is 2.25. The van der Waals surface area contributed by atoms with Crippen molar-refractivity contribution in [3.05, 3.63) is 26.6 Å². The van der Waals surface area contributed by atoms with E-state index in [0.717, 1.165) is 0 Å². The molecule has 1 aromatic carbocycles. The van der Waals surface area contributed by atoms with Gasteiger partial charge in [-0.05, 0) is 36.4 Å². The Labute approximate surface area is 131 Å². The molecule has 116 valence electrons. The molecule has 0 radical (unpaired) electrons. The van der Waals surface area contributed by atoms with Crippen LogP contribution in [-0.2, 0) is 9.47 Å². The molecule has 1 rings (SSSR count). The van der Waals surface area contributed by atoms with Crippen LogP contribution in [0.1, 0.15) is 24.2 Å². The average Bonchev–Trinajstić information content (AvgIpc) is 2.42. The van der Waals surface area contributed by atoms with Crippen LogP contribution in [0.3, 0.4) is 0 Å². The summed E-state index contributed by atoms with van der Waals surface area (Å²) in [6.45, 7) is 2.91. The Hall–Kier alpha value is -1.52. The molecule has 0 aliphatic rings. The van der Waals surface area contributed by atoms with Crippen LogP contribution in [-0.4, -0.2) is 25.3 Å². The number of esters is 1. The van der Waals surface area contributed by atoms with E-state index in [4.69, 9.17) is 0 Å². The second-order valence-corrected chi connectivity index (χ2v) is 4.65. The molecule has 1 aromatic rings. The van der Waals surface area contributed by atoms with Crippen molar-refractivity contribution in [2.24, 2.45) is 0 Å². The zero-order chi connectivity index (χ0) is 16.2. The molecule has 0 unspecified atom stereocenters. The molecular weight excluding hydrogens is 406 g/mol. The molecule has 1 N–H and O–H groups in total. The first-order valence-corrected chi connectivity index (χ1v) is 6.89. The quantitative estimate of drug-likeness (QED) is 0.353. The maximum Gasteiger partial charge on any atom is 0.411 e. The summed E-state index contributed by atoms with van der Waals surface area (Å²) in [5.41, 5.74) is -1.47. The Morgan fingerprint density at radius 1 is 1.05 bits per heavy atom. The van der Waals surface area contributed by atoms with Crippen LogP contribution in [0.5, 0.6) is 0 Å². The Morgan fingerprint density at radius 3 is 2.14 bits per heavy atom. The molecule has 0 aromatic heterocycles. The summed E-state index contributed by atoms with van der Waals surface area (Å²) in [7, 11) is 0.